The molecule has 0 heterocycles. The Kier molecular flexibility index (Phi) is 6.59. The average molecular weight is 371 g/mol. The van der Waals surface area contributed by atoms with Crippen LogP contribution in [0.4, 0.5) is 0 Å². The van der Waals surface area contributed by atoms with Gasteiger partial charge in [0.05, 0.1) is 0 Å². The Balaban J connectivity index is 6.03. The topological polar surface area (TPSA) is 17.1 Å². The molecular formula is C15H39OSi3V. The standard InChI is InChI=1S/3C5H13Si.O.V/c3*1-5-6(2,3)4;;/h3*5H,1-4H3;;. The molecule has 0 radical (unpaired) electrons. The molecule has 1 nitrogen and oxygen atoms in total. The van der Waals surface area contributed by atoms with Gasteiger partial charge in [-0.3, -0.25) is 0 Å². The van der Waals surface area contributed by atoms with Crippen molar-refractivity contribution in [1.29, 1.82) is 0 Å². The zero-order chi connectivity index (χ0) is 16.7. The summed E-state index contributed by atoms with van der Waals surface area (Å²) < 4.78 is 15.9. The first-order valence-electron chi connectivity index (χ1n) is 8.06. The summed E-state index contributed by atoms with van der Waals surface area (Å²) in [5.74, 6) is 0. The van der Waals surface area contributed by atoms with E-state index in [0.29, 0.717) is 12.8 Å². The summed E-state index contributed by atoms with van der Waals surface area (Å²) in [4.78, 5) is 0. The third-order valence-corrected chi connectivity index (χ3v) is 34.6. The molecule has 0 aromatic rings. The van der Waals surface area contributed by atoms with Crippen LogP contribution >= 0.6 is 0 Å². The molecule has 0 spiro atoms. The molecule has 0 aliphatic rings. The van der Waals surface area contributed by atoms with Crippen molar-refractivity contribution in [3.63, 3.8) is 0 Å². The molecule has 3 atom stereocenters. The second-order valence-electron chi connectivity index (χ2n) is 9.89. The predicted molar refractivity (Wildman–Crippen MR) is 99.0 cm³/mol. The van der Waals surface area contributed by atoms with Crippen molar-refractivity contribution < 1.29 is 17.7 Å². The molecule has 0 aliphatic carbocycles. The quantitative estimate of drug-likeness (QED) is 0.485. The molecule has 0 amide bonds. The summed E-state index contributed by atoms with van der Waals surface area (Å²) in [6.45, 7) is 28.8. The monoisotopic (exact) mass is 370 g/mol. The van der Waals surface area contributed by atoms with E-state index in [1.165, 1.54) is 0 Å². The molecule has 20 heavy (non-hydrogen) atoms. The molecule has 0 rings (SSSR count). The maximum atomic E-state index is 14.4. The van der Waals surface area contributed by atoms with Crippen molar-refractivity contribution in [3.8, 4) is 0 Å². The van der Waals surface area contributed by atoms with E-state index in [1.807, 2.05) is 0 Å². The van der Waals surface area contributed by atoms with E-state index in [-0.39, 0.29) is 0 Å². The molecule has 0 aromatic carbocycles. The second-order valence-corrected chi connectivity index (χ2v) is 35.0. The predicted octanol–water partition coefficient (Wildman–Crippen LogP) is 6.54. The maximum absolute atomic E-state index is 14.4. The Morgan fingerprint density at radius 2 is 0.700 bits per heavy atom. The zero-order valence-electron chi connectivity index (χ0n) is 16.1. The number of rotatable bonds is 6. The van der Waals surface area contributed by atoms with Crippen LogP contribution in [0, 0.1) is 0 Å². The summed E-state index contributed by atoms with van der Waals surface area (Å²) in [6.07, 6.45) is 0. The fourth-order valence-corrected chi connectivity index (χ4v) is 34.0. The van der Waals surface area contributed by atoms with Gasteiger partial charge in [-0.1, -0.05) is 0 Å². The second kappa shape index (κ2) is 6.27. The fourth-order valence-electron chi connectivity index (χ4n) is 2.82. The molecule has 0 aliphatic heterocycles. The van der Waals surface area contributed by atoms with Gasteiger partial charge in [0.25, 0.3) is 0 Å². The van der Waals surface area contributed by atoms with Gasteiger partial charge >= 0.3 is 134 Å². The Labute approximate surface area is 134 Å². The normalized spacial score (nSPS) is 22.0. The van der Waals surface area contributed by atoms with Gasteiger partial charge in [0, 0.05) is 0 Å². The zero-order valence-corrected chi connectivity index (χ0v) is 20.5. The van der Waals surface area contributed by atoms with Gasteiger partial charge in [-0.15, -0.1) is 0 Å². The van der Waals surface area contributed by atoms with Crippen LogP contribution in [0.5, 0.6) is 0 Å². The van der Waals surface area contributed by atoms with Gasteiger partial charge in [-0.05, 0) is 0 Å². The van der Waals surface area contributed by atoms with E-state index in [4.69, 9.17) is 0 Å². The minimum absolute atomic E-state index is 0.504. The van der Waals surface area contributed by atoms with Crippen LogP contribution in [-0.2, 0) is 17.7 Å². The molecule has 3 unspecified atom stereocenters. The summed E-state index contributed by atoms with van der Waals surface area (Å²) >= 11 is -2.96. The van der Waals surface area contributed by atoms with E-state index in [9.17, 15) is 3.67 Å². The van der Waals surface area contributed by atoms with Gasteiger partial charge < -0.3 is 0 Å². The Hall–Kier alpha value is 1.04. The van der Waals surface area contributed by atoms with Crippen LogP contribution in [0.15, 0.2) is 0 Å². The molecule has 122 valence electrons. The van der Waals surface area contributed by atoms with Crippen LogP contribution in [0.25, 0.3) is 0 Å². The Morgan fingerprint density at radius 3 is 0.800 bits per heavy atom. The van der Waals surface area contributed by atoms with Crippen molar-refractivity contribution in [3.05, 3.63) is 0 Å². The summed E-state index contributed by atoms with van der Waals surface area (Å²) in [6, 6.07) is 0. The van der Waals surface area contributed by atoms with Gasteiger partial charge in [0.15, 0.2) is 0 Å². The van der Waals surface area contributed by atoms with Crippen molar-refractivity contribution in [2.75, 3.05) is 0 Å². The minimum atomic E-state index is -2.96. The summed E-state index contributed by atoms with van der Waals surface area (Å²) in [7, 11) is -4.11. The fraction of sp³-hybridized carbons (Fsp3) is 1.00. The molecular weight excluding hydrogens is 331 g/mol. The van der Waals surface area contributed by atoms with Gasteiger partial charge in [0.1, 0.15) is 0 Å². The number of hydrogen-bond donors (Lipinski definition) is 0. The van der Waals surface area contributed by atoms with Gasteiger partial charge in [-0.25, -0.2) is 0 Å². The van der Waals surface area contributed by atoms with E-state index in [1.54, 1.807) is 0 Å². The van der Waals surface area contributed by atoms with Crippen molar-refractivity contribution in [1.82, 2.24) is 0 Å². The molecule has 0 saturated carbocycles. The van der Waals surface area contributed by atoms with Crippen molar-refractivity contribution >= 4 is 24.2 Å². The first-order valence-corrected chi connectivity index (χ1v) is 21.8. The molecule has 0 bridgehead atoms. The van der Waals surface area contributed by atoms with Crippen LogP contribution in [0.1, 0.15) is 20.8 Å². The van der Waals surface area contributed by atoms with Crippen LogP contribution in [-0.4, -0.2) is 24.2 Å². The summed E-state index contributed by atoms with van der Waals surface area (Å²) in [5.41, 5.74) is 0. The Morgan fingerprint density at radius 1 is 0.550 bits per heavy atom. The molecule has 0 fully saturated rings. The molecule has 0 N–H and O–H groups in total. The molecule has 0 saturated heterocycles. The van der Waals surface area contributed by atoms with E-state index >= 15 is 0 Å². The van der Waals surface area contributed by atoms with Gasteiger partial charge in [0.2, 0.25) is 0 Å². The van der Waals surface area contributed by atoms with E-state index in [2.05, 4.69) is 79.7 Å². The average Bonchev–Trinajstić information content (AvgIpc) is 2.21. The van der Waals surface area contributed by atoms with Crippen molar-refractivity contribution in [2.24, 2.45) is 0 Å². The van der Waals surface area contributed by atoms with Crippen LogP contribution in [0.2, 0.25) is 71.7 Å². The van der Waals surface area contributed by atoms with E-state index < -0.39 is 38.2 Å². The third kappa shape index (κ3) is 4.51. The SMILES string of the molecule is C[CH]([Si](C)(C)C)[V](=[O])([CH](C)[Si](C)(C)C)[CH](C)[Si](C)(C)C. The number of hydrogen-bond acceptors (Lipinski definition) is 1. The summed E-state index contributed by atoms with van der Waals surface area (Å²) in [5, 5.41) is 0. The van der Waals surface area contributed by atoms with Crippen molar-refractivity contribution in [2.45, 2.75) is 92.5 Å². The Bertz CT molecular complexity index is 317. The van der Waals surface area contributed by atoms with Crippen LogP contribution in [0.3, 0.4) is 0 Å². The van der Waals surface area contributed by atoms with Crippen LogP contribution < -0.4 is 0 Å². The van der Waals surface area contributed by atoms with E-state index in [0.717, 1.165) is 0 Å². The first kappa shape index (κ1) is 21.0. The molecule has 5 heteroatoms. The van der Waals surface area contributed by atoms with Gasteiger partial charge in [-0.2, -0.15) is 0 Å². The third-order valence-electron chi connectivity index (χ3n) is 5.58. The first-order chi connectivity index (χ1) is 8.46. The molecule has 0 aromatic heterocycles.